The van der Waals surface area contributed by atoms with Crippen LogP contribution < -0.4 is 5.73 Å². The number of benzene rings is 1. The quantitative estimate of drug-likeness (QED) is 0.835. The molecule has 1 heterocycles. The predicted octanol–water partition coefficient (Wildman–Crippen LogP) is 1.25. The number of hydrogen-bond acceptors (Lipinski definition) is 4. The van der Waals surface area contributed by atoms with Gasteiger partial charge in [-0.1, -0.05) is 11.6 Å². The summed E-state index contributed by atoms with van der Waals surface area (Å²) >= 11 is 5.87. The Hall–Kier alpha value is -0.820. The van der Waals surface area contributed by atoms with Crippen LogP contribution in [0.4, 0.5) is 5.69 Å². The van der Waals surface area contributed by atoms with Crippen LogP contribution in [0.1, 0.15) is 6.42 Å². The zero-order valence-corrected chi connectivity index (χ0v) is 12.4. The zero-order chi connectivity index (χ0) is 14.0. The number of sulfonamides is 1. The van der Waals surface area contributed by atoms with Gasteiger partial charge in [0.25, 0.3) is 0 Å². The molecule has 0 amide bonds. The number of anilines is 1. The fourth-order valence-electron chi connectivity index (χ4n) is 2.13. The molecule has 5 nitrogen and oxygen atoms in total. The second-order valence-electron chi connectivity index (χ2n) is 4.74. The minimum Gasteiger partial charge on any atom is -0.398 e. The van der Waals surface area contributed by atoms with E-state index in [1.54, 1.807) is 6.07 Å². The van der Waals surface area contributed by atoms with E-state index in [-0.39, 0.29) is 10.6 Å². The summed E-state index contributed by atoms with van der Waals surface area (Å²) < 4.78 is 26.7. The predicted molar refractivity (Wildman–Crippen MR) is 76.7 cm³/mol. The van der Waals surface area contributed by atoms with E-state index in [0.29, 0.717) is 18.1 Å². The van der Waals surface area contributed by atoms with Gasteiger partial charge in [0.15, 0.2) is 0 Å². The van der Waals surface area contributed by atoms with Crippen molar-refractivity contribution in [3.05, 3.63) is 23.2 Å². The van der Waals surface area contributed by atoms with Gasteiger partial charge < -0.3 is 10.6 Å². The molecule has 7 heteroatoms. The summed E-state index contributed by atoms with van der Waals surface area (Å²) in [5, 5.41) is 0.375. The molecule has 1 aromatic carbocycles. The van der Waals surface area contributed by atoms with Crippen molar-refractivity contribution < 1.29 is 8.42 Å². The van der Waals surface area contributed by atoms with Crippen molar-refractivity contribution in [1.29, 1.82) is 0 Å². The Balaban J connectivity index is 2.33. The maximum absolute atomic E-state index is 12.6. The van der Waals surface area contributed by atoms with Crippen LogP contribution in [-0.4, -0.2) is 50.8 Å². The average Bonchev–Trinajstić information content (AvgIpc) is 2.57. The SMILES string of the molecule is CN1CCCN(S(=O)(=O)c2cc(Cl)ccc2N)CC1. The van der Waals surface area contributed by atoms with Gasteiger partial charge in [-0.25, -0.2) is 8.42 Å². The van der Waals surface area contributed by atoms with Crippen molar-refractivity contribution in [2.24, 2.45) is 0 Å². The summed E-state index contributed by atoms with van der Waals surface area (Å²) in [6, 6.07) is 4.53. The summed E-state index contributed by atoms with van der Waals surface area (Å²) in [5.41, 5.74) is 6.01. The maximum Gasteiger partial charge on any atom is 0.245 e. The monoisotopic (exact) mass is 303 g/mol. The first-order valence-electron chi connectivity index (χ1n) is 6.15. The number of likely N-dealkylation sites (N-methyl/N-ethyl adjacent to an activating group) is 1. The molecule has 2 rings (SSSR count). The Morgan fingerprint density at radius 3 is 2.68 bits per heavy atom. The van der Waals surface area contributed by atoms with Gasteiger partial charge in [-0.3, -0.25) is 0 Å². The van der Waals surface area contributed by atoms with Crippen molar-refractivity contribution in [2.45, 2.75) is 11.3 Å². The van der Waals surface area contributed by atoms with E-state index in [9.17, 15) is 8.42 Å². The van der Waals surface area contributed by atoms with E-state index in [1.165, 1.54) is 16.4 Å². The van der Waals surface area contributed by atoms with Gasteiger partial charge in [-0.15, -0.1) is 0 Å². The first-order chi connectivity index (χ1) is 8.91. The molecule has 2 N–H and O–H groups in total. The highest BCUT2D eigenvalue weighted by molar-refractivity contribution is 7.89. The summed E-state index contributed by atoms with van der Waals surface area (Å²) in [5.74, 6) is 0. The first kappa shape index (κ1) is 14.6. The molecule has 1 aliphatic heterocycles. The van der Waals surface area contributed by atoms with Gasteiger partial charge in [0, 0.05) is 24.7 Å². The molecule has 0 aliphatic carbocycles. The van der Waals surface area contributed by atoms with Crippen LogP contribution in [0.3, 0.4) is 0 Å². The molecule has 0 atom stereocenters. The lowest BCUT2D eigenvalue weighted by Crippen LogP contribution is -2.34. The summed E-state index contributed by atoms with van der Waals surface area (Å²) in [7, 11) is -1.57. The smallest absolute Gasteiger partial charge is 0.245 e. The van der Waals surface area contributed by atoms with Crippen LogP contribution in [0.25, 0.3) is 0 Å². The third-order valence-electron chi connectivity index (χ3n) is 3.27. The first-order valence-corrected chi connectivity index (χ1v) is 7.97. The lowest BCUT2D eigenvalue weighted by molar-refractivity contribution is 0.347. The van der Waals surface area contributed by atoms with Gasteiger partial charge in [0.1, 0.15) is 4.90 Å². The van der Waals surface area contributed by atoms with Crippen LogP contribution >= 0.6 is 11.6 Å². The van der Waals surface area contributed by atoms with Gasteiger partial charge in [-0.05, 0) is 38.2 Å². The summed E-state index contributed by atoms with van der Waals surface area (Å²) in [6.45, 7) is 2.61. The van der Waals surface area contributed by atoms with E-state index < -0.39 is 10.0 Å². The molecule has 0 saturated carbocycles. The van der Waals surface area contributed by atoms with Crippen LogP contribution in [-0.2, 0) is 10.0 Å². The summed E-state index contributed by atoms with van der Waals surface area (Å²) in [6.07, 6.45) is 0.816. The highest BCUT2D eigenvalue weighted by atomic mass is 35.5. The van der Waals surface area contributed by atoms with E-state index >= 15 is 0 Å². The molecule has 1 aliphatic rings. The number of nitrogen functional groups attached to an aromatic ring is 1. The fourth-order valence-corrected chi connectivity index (χ4v) is 3.98. The molecule has 106 valence electrons. The Bertz CT molecular complexity index is 562. The largest absolute Gasteiger partial charge is 0.398 e. The van der Waals surface area contributed by atoms with Crippen LogP contribution in [0, 0.1) is 0 Å². The minimum atomic E-state index is -3.56. The molecular formula is C12H18ClN3O2S. The van der Waals surface area contributed by atoms with Gasteiger partial charge in [0.2, 0.25) is 10.0 Å². The van der Waals surface area contributed by atoms with E-state index in [2.05, 4.69) is 4.90 Å². The highest BCUT2D eigenvalue weighted by Gasteiger charge is 2.28. The minimum absolute atomic E-state index is 0.101. The zero-order valence-electron chi connectivity index (χ0n) is 10.8. The normalized spacial score (nSPS) is 19.3. The number of nitrogens with two attached hydrogens (primary N) is 1. The number of halogens is 1. The van der Waals surface area contributed by atoms with Crippen molar-refractivity contribution in [3.8, 4) is 0 Å². The van der Waals surface area contributed by atoms with Crippen LogP contribution in [0.2, 0.25) is 5.02 Å². The lowest BCUT2D eigenvalue weighted by Gasteiger charge is -2.21. The summed E-state index contributed by atoms with van der Waals surface area (Å²) in [4.78, 5) is 2.22. The molecule has 0 aromatic heterocycles. The fraction of sp³-hybridized carbons (Fsp3) is 0.500. The Labute approximate surface area is 119 Å². The second-order valence-corrected chi connectivity index (χ2v) is 7.09. The van der Waals surface area contributed by atoms with Crippen LogP contribution in [0.15, 0.2) is 23.1 Å². The highest BCUT2D eigenvalue weighted by Crippen LogP contribution is 2.26. The van der Waals surface area contributed by atoms with Crippen molar-refractivity contribution in [1.82, 2.24) is 9.21 Å². The molecule has 0 bridgehead atoms. The Morgan fingerprint density at radius 2 is 1.95 bits per heavy atom. The van der Waals surface area contributed by atoms with Crippen molar-refractivity contribution in [3.63, 3.8) is 0 Å². The molecule has 19 heavy (non-hydrogen) atoms. The van der Waals surface area contributed by atoms with E-state index in [4.69, 9.17) is 17.3 Å². The molecule has 1 fully saturated rings. The number of hydrogen-bond donors (Lipinski definition) is 1. The van der Waals surface area contributed by atoms with Crippen LogP contribution in [0.5, 0.6) is 0 Å². The average molecular weight is 304 g/mol. The Morgan fingerprint density at radius 1 is 1.21 bits per heavy atom. The lowest BCUT2D eigenvalue weighted by atomic mass is 10.3. The molecule has 0 spiro atoms. The topological polar surface area (TPSA) is 66.6 Å². The van der Waals surface area contributed by atoms with Gasteiger partial charge in [0.05, 0.1) is 5.69 Å². The number of rotatable bonds is 2. The third-order valence-corrected chi connectivity index (χ3v) is 5.46. The number of nitrogens with zero attached hydrogens (tertiary/aromatic N) is 2. The van der Waals surface area contributed by atoms with Gasteiger partial charge in [-0.2, -0.15) is 4.31 Å². The van der Waals surface area contributed by atoms with Gasteiger partial charge >= 0.3 is 0 Å². The van der Waals surface area contributed by atoms with E-state index in [1.807, 2.05) is 7.05 Å². The molecule has 0 unspecified atom stereocenters. The molecule has 1 aromatic rings. The molecule has 0 radical (unpaired) electrons. The Kier molecular flexibility index (Phi) is 4.35. The standard InChI is InChI=1S/C12H18ClN3O2S/c1-15-5-2-6-16(8-7-15)19(17,18)12-9-10(13)3-4-11(12)14/h3-4,9H,2,5-8,14H2,1H3. The van der Waals surface area contributed by atoms with E-state index in [0.717, 1.165) is 19.5 Å². The third kappa shape index (κ3) is 3.20. The maximum atomic E-state index is 12.6. The van der Waals surface area contributed by atoms with Crippen molar-refractivity contribution >= 4 is 27.3 Å². The molecule has 1 saturated heterocycles. The second kappa shape index (κ2) is 5.66. The van der Waals surface area contributed by atoms with Crippen molar-refractivity contribution in [2.75, 3.05) is 39.0 Å². The molecular weight excluding hydrogens is 286 g/mol.